The fraction of sp³-hybridized carbons (Fsp3) is 0.368. The van der Waals surface area contributed by atoms with Crippen LogP contribution in [0.4, 0.5) is 5.69 Å². The van der Waals surface area contributed by atoms with E-state index in [1.54, 1.807) is 13.0 Å². The van der Waals surface area contributed by atoms with Crippen LogP contribution in [0.5, 0.6) is 0 Å². The SMILES string of the molecule is Cc1ccc(C(=O)OCC(=O)Nc2ccc(S(=O)(=O)N3CCCCC3)cc2)o1. The Morgan fingerprint density at radius 2 is 1.75 bits per heavy atom. The van der Waals surface area contributed by atoms with E-state index < -0.39 is 28.5 Å². The Morgan fingerprint density at radius 1 is 1.07 bits per heavy atom. The smallest absolute Gasteiger partial charge is 0.374 e. The number of furan rings is 1. The standard InChI is InChI=1S/C19H22N2O6S/c1-14-5-10-17(27-14)19(23)26-13-18(22)20-15-6-8-16(9-7-15)28(24,25)21-11-3-2-4-12-21/h5-10H,2-4,11-13H2,1H3,(H,20,22). The van der Waals surface area contributed by atoms with Gasteiger partial charge in [-0.05, 0) is 56.2 Å². The number of hydrogen-bond acceptors (Lipinski definition) is 6. The monoisotopic (exact) mass is 406 g/mol. The Kier molecular flexibility index (Phi) is 6.15. The summed E-state index contributed by atoms with van der Waals surface area (Å²) in [6.07, 6.45) is 2.77. The number of nitrogens with zero attached hydrogens (tertiary/aromatic N) is 1. The minimum atomic E-state index is -3.52. The second-order valence-electron chi connectivity index (χ2n) is 6.52. The number of benzene rings is 1. The summed E-state index contributed by atoms with van der Waals surface area (Å²) in [7, 11) is -3.52. The maximum absolute atomic E-state index is 12.6. The molecular formula is C19H22N2O6S. The van der Waals surface area contributed by atoms with Crippen LogP contribution >= 0.6 is 0 Å². The number of nitrogens with one attached hydrogen (secondary N) is 1. The van der Waals surface area contributed by atoms with Gasteiger partial charge in [0.1, 0.15) is 5.76 Å². The van der Waals surface area contributed by atoms with Gasteiger partial charge in [-0.2, -0.15) is 4.31 Å². The normalized spacial score (nSPS) is 15.2. The lowest BCUT2D eigenvalue weighted by molar-refractivity contribution is -0.119. The molecule has 1 aliphatic heterocycles. The van der Waals surface area contributed by atoms with Crippen LogP contribution in [0.25, 0.3) is 0 Å². The van der Waals surface area contributed by atoms with Crippen LogP contribution in [0.3, 0.4) is 0 Å². The first-order valence-corrected chi connectivity index (χ1v) is 10.4. The Morgan fingerprint density at radius 3 is 2.36 bits per heavy atom. The minimum absolute atomic E-state index is 0.0255. The van der Waals surface area contributed by atoms with Crippen LogP contribution in [0.15, 0.2) is 45.7 Å². The van der Waals surface area contributed by atoms with Gasteiger partial charge < -0.3 is 14.5 Å². The zero-order valence-electron chi connectivity index (χ0n) is 15.5. The first-order valence-electron chi connectivity index (χ1n) is 9.00. The first kappa shape index (κ1) is 20.1. The molecule has 0 spiro atoms. The molecule has 0 saturated carbocycles. The van der Waals surface area contributed by atoms with Crippen molar-refractivity contribution < 1.29 is 27.2 Å². The lowest BCUT2D eigenvalue weighted by Crippen LogP contribution is -2.35. The highest BCUT2D eigenvalue weighted by Gasteiger charge is 2.25. The highest BCUT2D eigenvalue weighted by molar-refractivity contribution is 7.89. The third kappa shape index (κ3) is 4.79. The molecule has 8 nitrogen and oxygen atoms in total. The molecule has 2 aromatic rings. The molecular weight excluding hydrogens is 384 g/mol. The molecule has 1 aromatic heterocycles. The lowest BCUT2D eigenvalue weighted by atomic mass is 10.2. The summed E-state index contributed by atoms with van der Waals surface area (Å²) in [6.45, 7) is 2.27. The number of hydrogen-bond donors (Lipinski definition) is 1. The van der Waals surface area contributed by atoms with Crippen LogP contribution < -0.4 is 5.32 Å². The molecule has 1 saturated heterocycles. The quantitative estimate of drug-likeness (QED) is 0.739. The van der Waals surface area contributed by atoms with Crippen LogP contribution in [0, 0.1) is 6.92 Å². The fourth-order valence-corrected chi connectivity index (χ4v) is 4.43. The van der Waals surface area contributed by atoms with Gasteiger partial charge in [0.25, 0.3) is 5.91 Å². The minimum Gasteiger partial charge on any atom is -0.454 e. The van der Waals surface area contributed by atoms with E-state index in [-0.39, 0.29) is 10.7 Å². The summed E-state index contributed by atoms with van der Waals surface area (Å²) in [4.78, 5) is 23.9. The number of aryl methyl sites for hydroxylation is 1. The number of piperidine rings is 1. The number of carbonyl (C=O) groups is 2. The Bertz CT molecular complexity index is 943. The summed E-state index contributed by atoms with van der Waals surface area (Å²) in [5, 5.41) is 2.56. The summed E-state index contributed by atoms with van der Waals surface area (Å²) >= 11 is 0. The van der Waals surface area contributed by atoms with E-state index in [4.69, 9.17) is 9.15 Å². The maximum atomic E-state index is 12.6. The van der Waals surface area contributed by atoms with Gasteiger partial charge >= 0.3 is 5.97 Å². The molecule has 0 atom stereocenters. The van der Waals surface area contributed by atoms with E-state index >= 15 is 0 Å². The van der Waals surface area contributed by atoms with E-state index in [0.717, 1.165) is 19.3 Å². The number of carbonyl (C=O) groups excluding carboxylic acids is 2. The second-order valence-corrected chi connectivity index (χ2v) is 8.46. The van der Waals surface area contributed by atoms with Crippen LogP contribution in [0.1, 0.15) is 35.6 Å². The Hall–Kier alpha value is -2.65. The first-order chi connectivity index (χ1) is 13.4. The van der Waals surface area contributed by atoms with Crippen LogP contribution in [-0.2, 0) is 19.6 Å². The number of amides is 1. The van der Waals surface area contributed by atoms with E-state index in [2.05, 4.69) is 5.32 Å². The van der Waals surface area contributed by atoms with Crippen molar-refractivity contribution in [3.05, 3.63) is 47.9 Å². The van der Waals surface area contributed by atoms with Gasteiger partial charge in [0, 0.05) is 18.8 Å². The van der Waals surface area contributed by atoms with Crippen molar-refractivity contribution in [3.63, 3.8) is 0 Å². The summed E-state index contributed by atoms with van der Waals surface area (Å²) in [5.74, 6) is -0.678. The van der Waals surface area contributed by atoms with Crippen molar-refractivity contribution in [2.45, 2.75) is 31.1 Å². The average Bonchev–Trinajstić information content (AvgIpc) is 3.14. The third-order valence-corrected chi connectivity index (χ3v) is 6.28. The molecule has 1 aromatic carbocycles. The van der Waals surface area contributed by atoms with Gasteiger partial charge in [0.2, 0.25) is 15.8 Å². The number of ether oxygens (including phenoxy) is 1. The molecule has 0 aliphatic carbocycles. The molecule has 28 heavy (non-hydrogen) atoms. The average molecular weight is 406 g/mol. The highest BCUT2D eigenvalue weighted by Crippen LogP contribution is 2.22. The molecule has 0 radical (unpaired) electrons. The van der Waals surface area contributed by atoms with E-state index in [1.807, 2.05) is 0 Å². The zero-order valence-corrected chi connectivity index (χ0v) is 16.3. The van der Waals surface area contributed by atoms with Gasteiger partial charge in [-0.1, -0.05) is 6.42 Å². The van der Waals surface area contributed by atoms with Gasteiger partial charge in [-0.15, -0.1) is 0 Å². The molecule has 0 unspecified atom stereocenters. The van der Waals surface area contributed by atoms with Crippen molar-refractivity contribution in [2.24, 2.45) is 0 Å². The van der Waals surface area contributed by atoms with E-state index in [0.29, 0.717) is 24.5 Å². The van der Waals surface area contributed by atoms with Crippen molar-refractivity contribution in [1.29, 1.82) is 0 Å². The predicted molar refractivity (Wildman–Crippen MR) is 101 cm³/mol. The largest absolute Gasteiger partial charge is 0.454 e. The number of sulfonamides is 1. The van der Waals surface area contributed by atoms with Crippen LogP contribution in [-0.4, -0.2) is 44.3 Å². The van der Waals surface area contributed by atoms with E-state index in [9.17, 15) is 18.0 Å². The summed E-state index contributed by atoms with van der Waals surface area (Å²) in [5.41, 5.74) is 0.410. The summed E-state index contributed by atoms with van der Waals surface area (Å²) in [6, 6.07) is 9.01. The van der Waals surface area contributed by atoms with Crippen molar-refractivity contribution in [3.8, 4) is 0 Å². The molecule has 1 amide bonds. The molecule has 9 heteroatoms. The summed E-state index contributed by atoms with van der Waals surface area (Å²) < 4.78 is 36.7. The lowest BCUT2D eigenvalue weighted by Gasteiger charge is -2.25. The number of rotatable bonds is 6. The Labute approximate surface area is 163 Å². The fourth-order valence-electron chi connectivity index (χ4n) is 2.91. The highest BCUT2D eigenvalue weighted by atomic mass is 32.2. The number of esters is 1. The molecule has 150 valence electrons. The Balaban J connectivity index is 1.55. The zero-order chi connectivity index (χ0) is 20.1. The third-order valence-electron chi connectivity index (χ3n) is 4.37. The van der Waals surface area contributed by atoms with Gasteiger partial charge in [0.05, 0.1) is 4.90 Å². The van der Waals surface area contributed by atoms with Crippen molar-refractivity contribution in [2.75, 3.05) is 25.0 Å². The van der Waals surface area contributed by atoms with E-state index in [1.165, 1.54) is 34.6 Å². The van der Waals surface area contributed by atoms with Gasteiger partial charge in [0.15, 0.2) is 6.61 Å². The van der Waals surface area contributed by atoms with Crippen molar-refractivity contribution in [1.82, 2.24) is 4.31 Å². The molecule has 1 aliphatic rings. The van der Waals surface area contributed by atoms with Gasteiger partial charge in [-0.25, -0.2) is 13.2 Å². The number of anilines is 1. The topological polar surface area (TPSA) is 106 Å². The van der Waals surface area contributed by atoms with Crippen LogP contribution in [0.2, 0.25) is 0 Å². The maximum Gasteiger partial charge on any atom is 0.374 e. The molecule has 1 N–H and O–H groups in total. The molecule has 1 fully saturated rings. The second kappa shape index (κ2) is 8.57. The van der Waals surface area contributed by atoms with Crippen molar-refractivity contribution >= 4 is 27.6 Å². The van der Waals surface area contributed by atoms with Gasteiger partial charge in [-0.3, -0.25) is 4.79 Å². The predicted octanol–water partition coefficient (Wildman–Crippen LogP) is 2.56. The molecule has 0 bridgehead atoms. The molecule has 2 heterocycles. The molecule has 3 rings (SSSR count).